The molecule has 1 rings (SSSR count). The molecular formula is C17H29N3O2S. The summed E-state index contributed by atoms with van der Waals surface area (Å²) in [7, 11) is 0. The zero-order chi connectivity index (χ0) is 17.2. The third-order valence-corrected chi connectivity index (χ3v) is 4.83. The summed E-state index contributed by atoms with van der Waals surface area (Å²) >= 11 is 1.46. The molecule has 6 heteroatoms. The molecule has 0 spiro atoms. The third-order valence-electron chi connectivity index (χ3n) is 3.84. The molecule has 23 heavy (non-hydrogen) atoms. The minimum atomic E-state index is -0.181. The van der Waals surface area contributed by atoms with Gasteiger partial charge in [-0.2, -0.15) is 0 Å². The highest BCUT2D eigenvalue weighted by molar-refractivity contribution is 7.15. The second kappa shape index (κ2) is 10.4. The molecular weight excluding hydrogens is 310 g/mol. The molecule has 0 aliphatic heterocycles. The molecule has 0 aliphatic rings. The smallest absolute Gasteiger partial charge is 0.245 e. The number of likely N-dealkylation sites (N-methyl/N-ethyl adjacent to an activating group) is 1. The van der Waals surface area contributed by atoms with E-state index in [4.69, 9.17) is 0 Å². The molecule has 1 aromatic heterocycles. The van der Waals surface area contributed by atoms with Crippen molar-refractivity contribution in [3.63, 3.8) is 0 Å². The summed E-state index contributed by atoms with van der Waals surface area (Å²) in [5.74, 6) is -0.120. The molecule has 0 aromatic carbocycles. The van der Waals surface area contributed by atoms with Gasteiger partial charge in [0, 0.05) is 17.8 Å². The lowest BCUT2D eigenvalue weighted by Gasteiger charge is -2.20. The van der Waals surface area contributed by atoms with Crippen LogP contribution < -0.4 is 5.32 Å². The number of anilines is 1. The number of thiazole rings is 1. The molecule has 0 atom stereocenters. The van der Waals surface area contributed by atoms with E-state index in [0.717, 1.165) is 23.4 Å². The van der Waals surface area contributed by atoms with Gasteiger partial charge in [0.25, 0.3) is 0 Å². The lowest BCUT2D eigenvalue weighted by atomic mass is 10.1. The Morgan fingerprint density at radius 1 is 1.13 bits per heavy atom. The number of carbonyl (C=O) groups excluding carboxylic acids is 2. The van der Waals surface area contributed by atoms with Gasteiger partial charge in [-0.05, 0) is 27.2 Å². The largest absolute Gasteiger partial charge is 0.334 e. The first kappa shape index (κ1) is 19.6. The monoisotopic (exact) mass is 339 g/mol. The van der Waals surface area contributed by atoms with Crippen LogP contribution in [0, 0.1) is 13.8 Å². The maximum atomic E-state index is 12.2. The number of aromatic nitrogens is 1. The van der Waals surface area contributed by atoms with Gasteiger partial charge in [0.15, 0.2) is 5.13 Å². The van der Waals surface area contributed by atoms with Gasteiger partial charge in [0.2, 0.25) is 11.8 Å². The van der Waals surface area contributed by atoms with Gasteiger partial charge in [-0.3, -0.25) is 9.59 Å². The van der Waals surface area contributed by atoms with Crippen LogP contribution in [0.1, 0.15) is 62.9 Å². The van der Waals surface area contributed by atoms with Crippen LogP contribution in [0.3, 0.4) is 0 Å². The van der Waals surface area contributed by atoms with Gasteiger partial charge >= 0.3 is 0 Å². The highest BCUT2D eigenvalue weighted by Gasteiger charge is 2.16. The fraction of sp³-hybridized carbons (Fsp3) is 0.706. The number of rotatable bonds is 10. The molecule has 0 aliphatic carbocycles. The molecule has 1 heterocycles. The van der Waals surface area contributed by atoms with Crippen molar-refractivity contribution in [2.45, 2.75) is 66.2 Å². The van der Waals surface area contributed by atoms with Crippen molar-refractivity contribution >= 4 is 28.3 Å². The zero-order valence-electron chi connectivity index (χ0n) is 14.8. The number of aryl methyl sites for hydroxylation is 2. The lowest BCUT2D eigenvalue weighted by Crippen LogP contribution is -2.37. The summed E-state index contributed by atoms with van der Waals surface area (Å²) < 4.78 is 0. The van der Waals surface area contributed by atoms with Gasteiger partial charge in [-0.1, -0.05) is 32.6 Å². The Kier molecular flexibility index (Phi) is 8.84. The SMILES string of the molecule is CCCCCCCC(=O)N(CC)CC(=O)Nc1nc(C)c(C)s1. The fourth-order valence-corrected chi connectivity index (χ4v) is 3.10. The van der Waals surface area contributed by atoms with Crippen LogP contribution in [0.25, 0.3) is 0 Å². The molecule has 1 aromatic rings. The summed E-state index contributed by atoms with van der Waals surface area (Å²) in [6, 6.07) is 0. The van der Waals surface area contributed by atoms with Crippen molar-refractivity contribution < 1.29 is 9.59 Å². The Bertz CT molecular complexity index is 494. The number of nitrogens with zero attached hydrogens (tertiary/aromatic N) is 2. The van der Waals surface area contributed by atoms with Crippen LogP contribution in [0.5, 0.6) is 0 Å². The lowest BCUT2D eigenvalue weighted by molar-refractivity contribution is -0.134. The van der Waals surface area contributed by atoms with Gasteiger partial charge < -0.3 is 10.2 Å². The standard InChI is InChI=1S/C17H29N3O2S/c1-5-7-8-9-10-11-16(22)20(6-2)12-15(21)19-17-18-13(3)14(4)23-17/h5-12H2,1-4H3,(H,18,19,21). The number of hydrogen-bond donors (Lipinski definition) is 1. The molecule has 130 valence electrons. The van der Waals surface area contributed by atoms with Crippen molar-refractivity contribution in [2.75, 3.05) is 18.4 Å². The number of amides is 2. The van der Waals surface area contributed by atoms with Crippen molar-refractivity contribution in [2.24, 2.45) is 0 Å². The predicted octanol–water partition coefficient (Wildman–Crippen LogP) is 3.91. The number of carbonyl (C=O) groups is 2. The molecule has 2 amide bonds. The Balaban J connectivity index is 2.38. The molecule has 0 fully saturated rings. The van der Waals surface area contributed by atoms with Crippen molar-refractivity contribution in [1.82, 2.24) is 9.88 Å². The third kappa shape index (κ3) is 7.12. The minimum absolute atomic E-state index is 0.0608. The first-order valence-electron chi connectivity index (χ1n) is 8.49. The van der Waals surface area contributed by atoms with Crippen LogP contribution >= 0.6 is 11.3 Å². The summed E-state index contributed by atoms with van der Waals surface area (Å²) in [4.78, 5) is 31.3. The van der Waals surface area contributed by atoms with Gasteiger partial charge in [0.1, 0.15) is 0 Å². The minimum Gasteiger partial charge on any atom is -0.334 e. The van der Waals surface area contributed by atoms with E-state index in [1.54, 1.807) is 4.90 Å². The topological polar surface area (TPSA) is 62.3 Å². The average Bonchev–Trinajstić information content (AvgIpc) is 2.82. The zero-order valence-corrected chi connectivity index (χ0v) is 15.6. The van der Waals surface area contributed by atoms with Crippen molar-refractivity contribution in [3.8, 4) is 0 Å². The molecule has 5 nitrogen and oxygen atoms in total. The Morgan fingerprint density at radius 3 is 2.39 bits per heavy atom. The maximum Gasteiger partial charge on any atom is 0.245 e. The molecule has 0 saturated heterocycles. The van der Waals surface area contributed by atoms with Gasteiger partial charge in [-0.25, -0.2) is 4.98 Å². The Labute approximate surface area is 143 Å². The predicted molar refractivity (Wildman–Crippen MR) is 95.8 cm³/mol. The first-order valence-corrected chi connectivity index (χ1v) is 9.31. The second-order valence-corrected chi connectivity index (χ2v) is 6.98. The molecule has 0 unspecified atom stereocenters. The molecule has 0 bridgehead atoms. The van der Waals surface area contributed by atoms with E-state index in [-0.39, 0.29) is 18.4 Å². The Hall–Kier alpha value is -1.43. The quantitative estimate of drug-likeness (QED) is 0.657. The second-order valence-electron chi connectivity index (χ2n) is 5.78. The molecule has 0 radical (unpaired) electrons. The van der Waals surface area contributed by atoms with Crippen LogP contribution in [-0.4, -0.2) is 34.8 Å². The van der Waals surface area contributed by atoms with Crippen LogP contribution in [0.15, 0.2) is 0 Å². The molecule has 0 saturated carbocycles. The maximum absolute atomic E-state index is 12.2. The fourth-order valence-electron chi connectivity index (χ4n) is 2.27. The van der Waals surface area contributed by atoms with E-state index in [1.807, 2.05) is 20.8 Å². The summed E-state index contributed by atoms with van der Waals surface area (Å²) in [5.41, 5.74) is 0.931. The van der Waals surface area contributed by atoms with Crippen LogP contribution in [0.4, 0.5) is 5.13 Å². The van der Waals surface area contributed by atoms with E-state index in [1.165, 1.54) is 30.6 Å². The van der Waals surface area contributed by atoms with Gasteiger partial charge in [0.05, 0.1) is 12.2 Å². The van der Waals surface area contributed by atoms with E-state index in [9.17, 15) is 9.59 Å². The van der Waals surface area contributed by atoms with E-state index >= 15 is 0 Å². The normalized spacial score (nSPS) is 10.6. The van der Waals surface area contributed by atoms with E-state index < -0.39 is 0 Å². The van der Waals surface area contributed by atoms with Gasteiger partial charge in [-0.15, -0.1) is 11.3 Å². The highest BCUT2D eigenvalue weighted by atomic mass is 32.1. The van der Waals surface area contributed by atoms with E-state index in [0.29, 0.717) is 18.1 Å². The summed E-state index contributed by atoms with van der Waals surface area (Å²) in [6.07, 6.45) is 6.12. The molecule has 1 N–H and O–H groups in total. The number of hydrogen-bond acceptors (Lipinski definition) is 4. The Morgan fingerprint density at radius 2 is 1.83 bits per heavy atom. The summed E-state index contributed by atoms with van der Waals surface area (Å²) in [6.45, 7) is 8.62. The highest BCUT2D eigenvalue weighted by Crippen LogP contribution is 2.20. The average molecular weight is 340 g/mol. The van der Waals surface area contributed by atoms with Crippen molar-refractivity contribution in [1.29, 1.82) is 0 Å². The number of unbranched alkanes of at least 4 members (excludes halogenated alkanes) is 4. The summed E-state index contributed by atoms with van der Waals surface area (Å²) in [5, 5.41) is 3.39. The number of nitrogens with one attached hydrogen (secondary N) is 1. The van der Waals surface area contributed by atoms with Crippen molar-refractivity contribution in [3.05, 3.63) is 10.6 Å². The first-order chi connectivity index (χ1) is 11.0. The van der Waals surface area contributed by atoms with Crippen LogP contribution in [0.2, 0.25) is 0 Å². The van der Waals surface area contributed by atoms with Crippen LogP contribution in [-0.2, 0) is 9.59 Å². The van der Waals surface area contributed by atoms with E-state index in [2.05, 4.69) is 17.2 Å².